The molecule has 1 heterocycles. The van der Waals surface area contributed by atoms with Crippen molar-refractivity contribution in [3.05, 3.63) is 71.4 Å². The van der Waals surface area contributed by atoms with E-state index in [4.69, 9.17) is 14.1 Å². The Morgan fingerprint density at radius 3 is 2.62 bits per heavy atom. The van der Waals surface area contributed by atoms with Crippen LogP contribution in [0.25, 0.3) is 11.3 Å². The van der Waals surface area contributed by atoms with Gasteiger partial charge in [-0.2, -0.15) is 13.2 Å². The lowest BCUT2D eigenvalue weighted by atomic mass is 10.1. The average molecular weight is 407 g/mol. The van der Waals surface area contributed by atoms with Gasteiger partial charge in [-0.1, -0.05) is 34.6 Å². The smallest absolute Gasteiger partial charge is 0.416 e. The lowest BCUT2D eigenvalue weighted by Gasteiger charge is -2.07. The number of oxime groups is 1. The number of aromatic nitrogens is 1. The molecule has 9 heteroatoms. The minimum atomic E-state index is -4.45. The number of nitrogens with zero attached hydrogens (tertiary/aromatic N) is 2. The zero-order valence-corrected chi connectivity index (χ0v) is 14.9. The Hall–Kier alpha value is -3.36. The molecule has 0 fully saturated rings. The molecule has 0 bridgehead atoms. The zero-order chi connectivity index (χ0) is 20.7. The van der Waals surface area contributed by atoms with Crippen LogP contribution < -0.4 is 4.74 Å². The van der Waals surface area contributed by atoms with Crippen LogP contribution in [-0.4, -0.2) is 24.7 Å². The molecule has 0 spiro atoms. The molecule has 3 aromatic rings. The maximum absolute atomic E-state index is 12.8. The van der Waals surface area contributed by atoms with Crippen molar-refractivity contribution in [1.29, 1.82) is 0 Å². The lowest BCUT2D eigenvalue weighted by molar-refractivity contribution is -0.137. The van der Waals surface area contributed by atoms with Crippen molar-refractivity contribution in [2.45, 2.75) is 12.8 Å². The molecule has 1 aromatic heterocycles. The molecule has 0 saturated carbocycles. The largest absolute Gasteiger partial charge is 0.487 e. The number of rotatable bonds is 8. The molecule has 0 unspecified atom stereocenters. The fraction of sp³-hybridized carbons (Fsp3) is 0.200. The number of alkyl halides is 4. The third-order valence-electron chi connectivity index (χ3n) is 3.76. The Kier molecular flexibility index (Phi) is 6.48. The first-order valence-corrected chi connectivity index (χ1v) is 8.45. The third kappa shape index (κ3) is 5.34. The Morgan fingerprint density at radius 2 is 1.97 bits per heavy atom. The molecule has 0 amide bonds. The molecule has 0 atom stereocenters. The highest BCUT2D eigenvalue weighted by Crippen LogP contribution is 2.32. The molecule has 151 valence electrons. The average Bonchev–Trinajstić information content (AvgIpc) is 3.12. The van der Waals surface area contributed by atoms with Crippen LogP contribution in [0.1, 0.15) is 16.8 Å². The van der Waals surface area contributed by atoms with Crippen LogP contribution in [0.2, 0.25) is 0 Å². The minimum Gasteiger partial charge on any atom is -0.487 e. The number of ether oxygens (including phenoxy) is 1. The maximum Gasteiger partial charge on any atom is 0.416 e. The predicted octanol–water partition coefficient (Wildman–Crippen LogP) is 5.06. The van der Waals surface area contributed by atoms with Gasteiger partial charge in [0.2, 0.25) is 0 Å². The number of hydrogen-bond acceptors (Lipinski definition) is 5. The molecule has 0 saturated heterocycles. The molecule has 0 aliphatic carbocycles. The quantitative estimate of drug-likeness (QED) is 0.227. The van der Waals surface area contributed by atoms with Crippen molar-refractivity contribution in [2.75, 3.05) is 13.3 Å². The van der Waals surface area contributed by atoms with E-state index in [0.29, 0.717) is 22.6 Å². The molecule has 3 rings (SSSR count). The fourth-order valence-electron chi connectivity index (χ4n) is 2.38. The van der Waals surface area contributed by atoms with E-state index in [0.717, 1.165) is 12.1 Å². The highest BCUT2D eigenvalue weighted by molar-refractivity contribution is 5.89. The summed E-state index contributed by atoms with van der Waals surface area (Å²) >= 11 is 0. The van der Waals surface area contributed by atoms with Gasteiger partial charge >= 0.3 is 6.18 Å². The summed E-state index contributed by atoms with van der Waals surface area (Å²) in [7, 11) is 0. The van der Waals surface area contributed by atoms with Crippen LogP contribution in [0.5, 0.6) is 5.75 Å². The second kappa shape index (κ2) is 9.22. The summed E-state index contributed by atoms with van der Waals surface area (Å²) in [6.07, 6.45) is -3.19. The predicted molar refractivity (Wildman–Crippen MR) is 96.1 cm³/mol. The molecule has 5 nitrogen and oxygen atoms in total. The van der Waals surface area contributed by atoms with Crippen LogP contribution >= 0.6 is 0 Å². The highest BCUT2D eigenvalue weighted by Gasteiger charge is 2.30. The van der Waals surface area contributed by atoms with Gasteiger partial charge in [0.05, 0.1) is 17.3 Å². The Bertz CT molecular complexity index is 939. The highest BCUT2D eigenvalue weighted by atomic mass is 19.4. The van der Waals surface area contributed by atoms with Gasteiger partial charge < -0.3 is 14.1 Å². The van der Waals surface area contributed by atoms with Crippen molar-refractivity contribution < 1.29 is 31.7 Å². The van der Waals surface area contributed by atoms with Crippen LogP contribution in [0.4, 0.5) is 17.6 Å². The van der Waals surface area contributed by atoms with Gasteiger partial charge in [0.1, 0.15) is 31.3 Å². The topological polar surface area (TPSA) is 56.9 Å². The molecular weight excluding hydrogens is 392 g/mol. The molecular formula is C20H15F4N2O3. The van der Waals surface area contributed by atoms with Crippen LogP contribution in [-0.2, 0) is 17.6 Å². The van der Waals surface area contributed by atoms with Crippen molar-refractivity contribution in [3.8, 4) is 17.1 Å². The SMILES string of the molecule is FCCON=Cc1c(COc2c[c]ccc2)noc1-c1ccc(C(F)(F)F)cc1. The van der Waals surface area contributed by atoms with Gasteiger partial charge in [0.15, 0.2) is 5.76 Å². The Morgan fingerprint density at radius 1 is 1.17 bits per heavy atom. The van der Waals surface area contributed by atoms with Gasteiger partial charge in [0, 0.05) is 5.56 Å². The normalized spacial score (nSPS) is 11.7. The first-order chi connectivity index (χ1) is 14.0. The first-order valence-electron chi connectivity index (χ1n) is 8.45. The van der Waals surface area contributed by atoms with Crippen LogP contribution in [0, 0.1) is 6.07 Å². The van der Waals surface area contributed by atoms with E-state index in [-0.39, 0.29) is 19.0 Å². The number of benzene rings is 2. The van der Waals surface area contributed by atoms with Crippen LogP contribution in [0.15, 0.2) is 58.2 Å². The second-order valence-electron chi connectivity index (χ2n) is 5.73. The van der Waals surface area contributed by atoms with Gasteiger partial charge in [0.25, 0.3) is 0 Å². The van der Waals surface area contributed by atoms with Crippen molar-refractivity contribution in [3.63, 3.8) is 0 Å². The molecule has 0 aliphatic rings. The first kappa shape index (κ1) is 20.4. The molecule has 0 aliphatic heterocycles. The fourth-order valence-corrected chi connectivity index (χ4v) is 2.38. The lowest BCUT2D eigenvalue weighted by Crippen LogP contribution is -2.04. The van der Waals surface area contributed by atoms with Gasteiger partial charge in [-0.05, 0) is 30.3 Å². The summed E-state index contributed by atoms with van der Waals surface area (Å²) in [6.45, 7) is -0.942. The summed E-state index contributed by atoms with van der Waals surface area (Å²) in [5.41, 5.74) is 0.266. The van der Waals surface area contributed by atoms with E-state index >= 15 is 0 Å². The Labute approximate surface area is 163 Å². The van der Waals surface area contributed by atoms with Crippen molar-refractivity contribution >= 4 is 6.21 Å². The van der Waals surface area contributed by atoms with Crippen molar-refractivity contribution in [2.24, 2.45) is 5.16 Å². The Balaban J connectivity index is 1.87. The summed E-state index contributed by atoms with van der Waals surface area (Å²) in [6, 6.07) is 14.1. The van der Waals surface area contributed by atoms with Gasteiger partial charge in [-0.3, -0.25) is 0 Å². The summed E-state index contributed by atoms with van der Waals surface area (Å²) < 4.78 is 61.5. The molecule has 0 N–H and O–H groups in total. The van der Waals surface area contributed by atoms with Crippen LogP contribution in [0.3, 0.4) is 0 Å². The van der Waals surface area contributed by atoms with Gasteiger partial charge in [-0.15, -0.1) is 0 Å². The minimum absolute atomic E-state index is 0.00640. The van der Waals surface area contributed by atoms with E-state index < -0.39 is 18.4 Å². The summed E-state index contributed by atoms with van der Waals surface area (Å²) in [5.74, 6) is 0.729. The standard InChI is InChI=1S/C20H15F4N2O3/c21-10-11-28-25-12-17-18(13-27-16-4-2-1-3-5-16)26-29-19(17)14-6-8-15(9-7-14)20(22,23)24/h1-2,4-9,12H,10-11,13H2. The number of hydrogen-bond donors (Lipinski definition) is 0. The number of halogens is 4. The second-order valence-corrected chi connectivity index (χ2v) is 5.73. The van der Waals surface area contributed by atoms with E-state index in [1.54, 1.807) is 24.3 Å². The molecule has 29 heavy (non-hydrogen) atoms. The summed E-state index contributed by atoms with van der Waals surface area (Å²) in [5, 5.41) is 7.58. The van der Waals surface area contributed by atoms with E-state index in [2.05, 4.69) is 16.4 Å². The monoisotopic (exact) mass is 407 g/mol. The van der Waals surface area contributed by atoms with Crippen molar-refractivity contribution in [1.82, 2.24) is 5.16 Å². The third-order valence-corrected chi connectivity index (χ3v) is 3.76. The van der Waals surface area contributed by atoms with E-state index in [9.17, 15) is 17.6 Å². The van der Waals surface area contributed by atoms with E-state index in [1.807, 2.05) is 0 Å². The zero-order valence-electron chi connectivity index (χ0n) is 14.9. The summed E-state index contributed by atoms with van der Waals surface area (Å²) in [4.78, 5) is 4.76. The molecule has 1 radical (unpaired) electrons. The van der Waals surface area contributed by atoms with E-state index in [1.165, 1.54) is 18.3 Å². The maximum atomic E-state index is 12.8. The molecule has 2 aromatic carbocycles. The van der Waals surface area contributed by atoms with Gasteiger partial charge in [-0.25, -0.2) is 4.39 Å².